The number of hydrogen-bond donors (Lipinski definition) is 0. The molecule has 0 aliphatic heterocycles. The van der Waals surface area contributed by atoms with Crippen LogP contribution in [0.1, 0.15) is 0 Å². The van der Waals surface area contributed by atoms with Crippen molar-refractivity contribution in [3.63, 3.8) is 0 Å². The van der Waals surface area contributed by atoms with Gasteiger partial charge in [0.15, 0.2) is 11.4 Å². The number of hydrogen-bond acceptors (Lipinski definition) is 3. The van der Waals surface area contributed by atoms with E-state index < -0.39 is 0 Å². The van der Waals surface area contributed by atoms with Crippen molar-refractivity contribution in [3.05, 3.63) is 170 Å². The molecule has 0 N–H and O–H groups in total. The number of benzene rings is 7. The second-order valence-corrected chi connectivity index (χ2v) is 13.0. The molecule has 0 aliphatic rings. The Morgan fingerprint density at radius 2 is 1.06 bits per heavy atom. The Morgan fingerprint density at radius 3 is 1.82 bits per heavy atom. The summed E-state index contributed by atoms with van der Waals surface area (Å²) < 4.78 is 11.1. The molecule has 5 heteroatoms. The third-order valence-electron chi connectivity index (χ3n) is 10.2. The Hall–Kier alpha value is -6.98. The molecular weight excluding hydrogens is 625 g/mol. The average Bonchev–Trinajstić information content (AvgIpc) is 3.85. The fourth-order valence-corrected chi connectivity index (χ4v) is 7.99. The maximum atomic E-state index is 6.36. The minimum Gasteiger partial charge on any atom is -0.453 e. The molecule has 0 saturated carbocycles. The summed E-state index contributed by atoms with van der Waals surface area (Å²) in [5, 5.41) is 5.81. The third-order valence-corrected chi connectivity index (χ3v) is 10.2. The molecule has 0 aliphatic carbocycles. The van der Waals surface area contributed by atoms with Gasteiger partial charge in [-0.2, -0.15) is 0 Å². The van der Waals surface area contributed by atoms with E-state index in [0.29, 0.717) is 11.4 Å². The molecule has 0 radical (unpaired) electrons. The van der Waals surface area contributed by atoms with E-state index in [9.17, 15) is 0 Å². The van der Waals surface area contributed by atoms with Crippen molar-refractivity contribution in [2.24, 2.45) is 0 Å². The van der Waals surface area contributed by atoms with E-state index in [-0.39, 0.29) is 0 Å². The van der Waals surface area contributed by atoms with Gasteiger partial charge in [-0.15, -0.1) is 0 Å². The van der Waals surface area contributed by atoms with Crippen LogP contribution < -0.4 is 0 Å². The van der Waals surface area contributed by atoms with Crippen LogP contribution in [0.2, 0.25) is 0 Å². The van der Waals surface area contributed by atoms with E-state index in [0.717, 1.165) is 50.0 Å². The molecule has 0 fully saturated rings. The molecule has 0 amide bonds. The highest BCUT2D eigenvalue weighted by molar-refractivity contribution is 6.14. The predicted octanol–water partition coefficient (Wildman–Crippen LogP) is 11.9. The van der Waals surface area contributed by atoms with Gasteiger partial charge in [0.1, 0.15) is 11.1 Å². The largest absolute Gasteiger partial charge is 0.453 e. The summed E-state index contributed by atoms with van der Waals surface area (Å²) >= 11 is 0. The first-order valence-corrected chi connectivity index (χ1v) is 17.2. The summed E-state index contributed by atoms with van der Waals surface area (Å²) in [6.45, 7) is 0. The number of para-hydroxylation sites is 5. The van der Waals surface area contributed by atoms with Gasteiger partial charge in [-0.05, 0) is 54.1 Å². The van der Waals surface area contributed by atoms with Crippen LogP contribution in [-0.4, -0.2) is 19.1 Å². The smallest absolute Gasteiger partial charge is 0.172 e. The van der Waals surface area contributed by atoms with Crippen molar-refractivity contribution in [2.45, 2.75) is 0 Å². The van der Waals surface area contributed by atoms with Gasteiger partial charge < -0.3 is 13.6 Å². The molecule has 4 aromatic heterocycles. The first kappa shape index (κ1) is 27.9. The lowest BCUT2D eigenvalue weighted by Gasteiger charge is -2.13. The van der Waals surface area contributed by atoms with E-state index in [1.807, 2.05) is 6.20 Å². The second kappa shape index (κ2) is 10.8. The average molecular weight is 653 g/mol. The molecule has 0 saturated heterocycles. The Balaban J connectivity index is 1.14. The van der Waals surface area contributed by atoms with Crippen LogP contribution in [-0.2, 0) is 0 Å². The highest BCUT2D eigenvalue weighted by atomic mass is 16.3. The van der Waals surface area contributed by atoms with E-state index in [4.69, 9.17) is 14.4 Å². The van der Waals surface area contributed by atoms with Gasteiger partial charge in [0.2, 0.25) is 0 Å². The molecule has 7 aromatic carbocycles. The number of rotatable bonds is 4. The van der Waals surface area contributed by atoms with Gasteiger partial charge in [0, 0.05) is 43.7 Å². The van der Waals surface area contributed by atoms with Crippen molar-refractivity contribution >= 4 is 65.7 Å². The first-order valence-electron chi connectivity index (χ1n) is 17.2. The van der Waals surface area contributed by atoms with Crippen LogP contribution >= 0.6 is 0 Å². The normalized spacial score (nSPS) is 11.9. The van der Waals surface area contributed by atoms with Gasteiger partial charge in [-0.3, -0.25) is 0 Å². The standard InChI is InChI=1S/C46H28N4O/c1-2-13-29(14-3-1)31-19-12-20-35-34-17-6-8-21-38(34)49(45(31)35)30-25-26-42-37(27-30)44-43(51-42)28-47-46(48-44)36-18-7-11-24-41(36)50-39-22-9-4-15-32(39)33-16-5-10-23-40(33)50/h1-28H. The summed E-state index contributed by atoms with van der Waals surface area (Å²) in [6, 6.07) is 57.8. The van der Waals surface area contributed by atoms with Crippen molar-refractivity contribution in [3.8, 4) is 33.9 Å². The van der Waals surface area contributed by atoms with Crippen LogP contribution in [0.3, 0.4) is 0 Å². The van der Waals surface area contributed by atoms with Crippen LogP contribution in [0, 0.1) is 0 Å². The molecule has 0 bridgehead atoms. The lowest BCUT2D eigenvalue weighted by atomic mass is 10.0. The molecule has 0 unspecified atom stereocenters. The maximum absolute atomic E-state index is 6.36. The number of aromatic nitrogens is 4. The van der Waals surface area contributed by atoms with E-state index in [1.54, 1.807) is 0 Å². The van der Waals surface area contributed by atoms with Crippen LogP contribution in [0.25, 0.3) is 99.6 Å². The molecule has 238 valence electrons. The predicted molar refractivity (Wildman–Crippen MR) is 209 cm³/mol. The monoisotopic (exact) mass is 652 g/mol. The van der Waals surface area contributed by atoms with Crippen LogP contribution in [0.5, 0.6) is 0 Å². The highest BCUT2D eigenvalue weighted by Gasteiger charge is 2.20. The summed E-state index contributed by atoms with van der Waals surface area (Å²) in [4.78, 5) is 10.1. The number of fused-ring (bicyclic) bond motifs is 9. The summed E-state index contributed by atoms with van der Waals surface area (Å²) in [5.41, 5.74) is 12.2. The molecule has 0 atom stereocenters. The molecule has 4 heterocycles. The topological polar surface area (TPSA) is 48.8 Å². The Bertz CT molecular complexity index is 3090. The Kier molecular flexibility index (Phi) is 5.89. The van der Waals surface area contributed by atoms with Gasteiger partial charge in [-0.1, -0.05) is 115 Å². The van der Waals surface area contributed by atoms with Crippen molar-refractivity contribution in [1.82, 2.24) is 19.1 Å². The van der Waals surface area contributed by atoms with Gasteiger partial charge in [0.25, 0.3) is 0 Å². The lowest BCUT2D eigenvalue weighted by Crippen LogP contribution is -1.99. The van der Waals surface area contributed by atoms with E-state index >= 15 is 0 Å². The Labute approximate surface area is 292 Å². The molecule has 11 rings (SSSR count). The summed E-state index contributed by atoms with van der Waals surface area (Å²) in [6.07, 6.45) is 1.81. The lowest BCUT2D eigenvalue weighted by molar-refractivity contribution is 0.666. The summed E-state index contributed by atoms with van der Waals surface area (Å²) in [5.74, 6) is 0.649. The van der Waals surface area contributed by atoms with Gasteiger partial charge in [0.05, 0.1) is 34.0 Å². The van der Waals surface area contributed by atoms with Crippen LogP contribution in [0.15, 0.2) is 174 Å². The molecule has 11 aromatic rings. The van der Waals surface area contributed by atoms with Gasteiger partial charge in [-0.25, -0.2) is 9.97 Å². The maximum Gasteiger partial charge on any atom is 0.172 e. The Morgan fingerprint density at radius 1 is 0.451 bits per heavy atom. The third kappa shape index (κ3) is 4.09. The SMILES string of the molecule is c1ccc(-c2cccc3c4ccccc4n(-c4ccc5oc6cnc(-c7ccccc7-n7c8ccccc8c8ccccc87)nc6c5c4)c23)cc1. The van der Waals surface area contributed by atoms with Crippen molar-refractivity contribution in [1.29, 1.82) is 0 Å². The zero-order valence-electron chi connectivity index (χ0n) is 27.4. The second-order valence-electron chi connectivity index (χ2n) is 13.0. The quantitative estimate of drug-likeness (QED) is 0.190. The molecule has 5 nitrogen and oxygen atoms in total. The molecular formula is C46H28N4O. The van der Waals surface area contributed by atoms with Crippen molar-refractivity contribution in [2.75, 3.05) is 0 Å². The zero-order valence-corrected chi connectivity index (χ0v) is 27.4. The van der Waals surface area contributed by atoms with E-state index in [1.165, 1.54) is 38.2 Å². The molecule has 0 spiro atoms. The minimum atomic E-state index is 0.649. The van der Waals surface area contributed by atoms with E-state index in [2.05, 4.69) is 173 Å². The first-order chi connectivity index (χ1) is 25.3. The molecule has 51 heavy (non-hydrogen) atoms. The van der Waals surface area contributed by atoms with Gasteiger partial charge >= 0.3 is 0 Å². The fourth-order valence-electron chi connectivity index (χ4n) is 7.99. The fraction of sp³-hybridized carbons (Fsp3) is 0. The van der Waals surface area contributed by atoms with Crippen LogP contribution in [0.4, 0.5) is 0 Å². The number of furan rings is 1. The van der Waals surface area contributed by atoms with Crippen molar-refractivity contribution < 1.29 is 4.42 Å². The number of nitrogens with zero attached hydrogens (tertiary/aromatic N) is 4. The highest BCUT2D eigenvalue weighted by Crippen LogP contribution is 2.40. The zero-order chi connectivity index (χ0) is 33.5. The minimum absolute atomic E-state index is 0.649. The summed E-state index contributed by atoms with van der Waals surface area (Å²) in [7, 11) is 0.